The van der Waals surface area contributed by atoms with Crippen LogP contribution in [0.25, 0.3) is 0 Å². The summed E-state index contributed by atoms with van der Waals surface area (Å²) < 4.78 is 125. The third kappa shape index (κ3) is 96.2. The SMILES string of the molecule is CCCCC(=O)O[C@@H](CC(=O)O)C[N+](C)(C)C.CCCCC(=O)O[C@@H](CC(=O)O)C[N+](C)(C)C.CCCCC(=O)O[C@@H](CC(=O)O)C[N+](C)(C)C.CCCCC(=O)O[C@@H](CC(=O)O)C[N+](C)(C)C.CCCCC(=O)O[C@@H](CC(=O)O)C[N+](C)(C)C.CCCCC(=O)O[C@@H](CC(=O)O)C[N+](C)(C)C.O=P([O-])(O)OC1C(OP(=O)([O-])O)C(OP(=O)([O-])O)C(OP(=O)([O-])O)C(OP(=O)([O-])O)C1OP(=O)([O-])O. The van der Waals surface area contributed by atoms with Crippen LogP contribution in [0.1, 0.15) is 196 Å². The second-order valence-electron chi connectivity index (χ2n) is 37.9. The van der Waals surface area contributed by atoms with Crippen molar-refractivity contribution in [2.75, 3.05) is 166 Å². The summed E-state index contributed by atoms with van der Waals surface area (Å²) in [6.45, 7) is 15.0. The number of unbranched alkanes of at least 4 members (excludes halogenated alkanes) is 6. The maximum atomic E-state index is 11.5. The molecule has 0 radical (unpaired) electrons. The molecular formula is C78H156N6O48P6. The van der Waals surface area contributed by atoms with Gasteiger partial charge in [-0.1, -0.05) is 80.1 Å². The van der Waals surface area contributed by atoms with E-state index in [-0.39, 0.29) is 74.3 Å². The zero-order chi connectivity index (χ0) is 110. The van der Waals surface area contributed by atoms with E-state index in [9.17, 15) is 114 Å². The highest BCUT2D eigenvalue weighted by Gasteiger charge is 2.60. The largest absolute Gasteiger partial charge is 0.756 e. The number of rotatable bonds is 60. The summed E-state index contributed by atoms with van der Waals surface area (Å²) in [5, 5.41) is 52.6. The van der Waals surface area contributed by atoms with Gasteiger partial charge in [0, 0.05) is 38.5 Å². The van der Waals surface area contributed by atoms with Gasteiger partial charge in [-0.15, -0.1) is 0 Å². The number of carboxylic acids is 6. The van der Waals surface area contributed by atoms with Crippen LogP contribution in [-0.4, -0.2) is 398 Å². The highest BCUT2D eigenvalue weighted by molar-refractivity contribution is 7.46. The maximum Gasteiger partial charge on any atom is 0.307 e. The highest BCUT2D eigenvalue weighted by atomic mass is 31.2. The molecule has 138 heavy (non-hydrogen) atoms. The van der Waals surface area contributed by atoms with Crippen LogP contribution in [0, 0.1) is 0 Å². The fourth-order valence-electron chi connectivity index (χ4n) is 11.9. The lowest BCUT2D eigenvalue weighted by atomic mass is 9.85. The zero-order valence-electron chi connectivity index (χ0n) is 83.6. The fourth-order valence-corrected chi connectivity index (χ4v) is 15.1. The van der Waals surface area contributed by atoms with Crippen molar-refractivity contribution in [1.82, 2.24) is 0 Å². The Hall–Kier alpha value is -5.94. The van der Waals surface area contributed by atoms with Crippen molar-refractivity contribution in [2.24, 2.45) is 0 Å². The van der Waals surface area contributed by atoms with Crippen LogP contribution in [-0.2, 0) is 140 Å². The summed E-state index contributed by atoms with van der Waals surface area (Å²) in [6, 6.07) is 0. The quantitative estimate of drug-likeness (QED) is 0.0172. The van der Waals surface area contributed by atoms with E-state index >= 15 is 0 Å². The first kappa shape index (κ1) is 143. The number of esters is 6. The van der Waals surface area contributed by atoms with E-state index in [4.69, 9.17) is 88.4 Å². The van der Waals surface area contributed by atoms with E-state index in [0.717, 1.165) is 77.0 Å². The minimum absolute atomic E-state index is 0.132. The predicted molar refractivity (Wildman–Crippen MR) is 476 cm³/mol. The summed E-state index contributed by atoms with van der Waals surface area (Å²) in [5.74, 6) is -7.43. The molecule has 6 unspecified atom stereocenters. The van der Waals surface area contributed by atoms with Crippen molar-refractivity contribution in [2.45, 2.75) is 269 Å². The standard InChI is InChI=1S/6C12H23NO4.C6H18O24P6/c6*1-5-6-7-12(16)17-10(8-11(14)15)9-13(2,3)4;7-31(8,9)25-1-2(26-32(10,11)12)4(28-34(16,17)18)6(30-36(22,23)24)5(29-35(19,20)21)3(1)27-33(13,14)15/h6*10H,5-9H2,1-4H3;1-6H,(H2,7,8,9)(H2,10,11,12)(H2,13,14,15)(H2,16,17,18)(H2,19,20,21)(H2,22,23,24)/t6*10-;/m000000./s1. The van der Waals surface area contributed by atoms with Gasteiger partial charge in [-0.2, -0.15) is 0 Å². The Balaban J connectivity index is -0.000000378. The maximum absolute atomic E-state index is 11.5. The van der Waals surface area contributed by atoms with Crippen molar-refractivity contribution >= 4 is 119 Å². The van der Waals surface area contributed by atoms with Crippen molar-refractivity contribution < 1.29 is 257 Å². The normalized spacial score (nSPS) is 19.5. The molecule has 1 fully saturated rings. The van der Waals surface area contributed by atoms with Crippen LogP contribution in [0.3, 0.4) is 0 Å². The molecule has 1 aliphatic rings. The number of likely N-dealkylation sites (N-methyl/N-ethyl adjacent to an activating group) is 6. The molecule has 0 bridgehead atoms. The van der Waals surface area contributed by atoms with Gasteiger partial charge in [0.1, 0.15) is 75.9 Å². The van der Waals surface area contributed by atoms with Crippen LogP contribution >= 0.6 is 46.9 Å². The third-order valence-corrected chi connectivity index (χ3v) is 19.6. The van der Waals surface area contributed by atoms with Gasteiger partial charge in [0.05, 0.1) is 165 Å². The molecule has 0 aromatic rings. The van der Waals surface area contributed by atoms with Gasteiger partial charge in [-0.05, 0) is 38.5 Å². The highest BCUT2D eigenvalue weighted by Crippen LogP contribution is 2.54. The van der Waals surface area contributed by atoms with Crippen molar-refractivity contribution in [1.29, 1.82) is 0 Å². The number of hydrogen-bond donors (Lipinski definition) is 12. The molecule has 0 spiro atoms. The van der Waals surface area contributed by atoms with Crippen LogP contribution in [0.5, 0.6) is 0 Å². The van der Waals surface area contributed by atoms with E-state index in [1.54, 1.807) is 0 Å². The van der Waals surface area contributed by atoms with Gasteiger partial charge in [-0.25, -0.2) is 0 Å². The van der Waals surface area contributed by atoms with E-state index in [2.05, 4.69) is 27.1 Å². The number of carbonyl (C=O) groups is 12. The van der Waals surface area contributed by atoms with Gasteiger partial charge in [0.15, 0.2) is 36.6 Å². The Labute approximate surface area is 807 Å². The van der Waals surface area contributed by atoms with E-state index in [0.29, 0.717) is 105 Å². The first-order chi connectivity index (χ1) is 62.0. The molecule has 0 aromatic carbocycles. The second kappa shape index (κ2) is 68.4. The summed E-state index contributed by atoms with van der Waals surface area (Å²) in [7, 11) is -3.19. The monoisotopic (exact) mass is 2130 g/mol. The fraction of sp³-hybridized carbons (Fsp3) is 0.846. The van der Waals surface area contributed by atoms with Crippen LogP contribution in [0.4, 0.5) is 0 Å². The Bertz CT molecular complexity index is 3270. The summed E-state index contributed by atoms with van der Waals surface area (Å²) >= 11 is 0. The number of ether oxygens (including phenoxy) is 6. The lowest BCUT2D eigenvalue weighted by Crippen LogP contribution is -2.67. The predicted octanol–water partition coefficient (Wildman–Crippen LogP) is 0.691. The minimum Gasteiger partial charge on any atom is -0.756 e. The Morgan fingerprint density at radius 2 is 0.319 bits per heavy atom. The third-order valence-electron chi connectivity index (χ3n) is 16.6. The summed E-state index contributed by atoms with van der Waals surface area (Å²) in [6.07, 6.45) is -11.8. The molecule has 816 valence electrons. The molecule has 0 aromatic heterocycles. The zero-order valence-corrected chi connectivity index (χ0v) is 88.9. The van der Waals surface area contributed by atoms with Gasteiger partial charge in [0.25, 0.3) is 46.9 Å². The number of quaternary nitrogens is 6. The second-order valence-corrected chi connectivity index (χ2v) is 44.8. The Morgan fingerprint density at radius 1 is 0.225 bits per heavy atom. The Morgan fingerprint density at radius 3 is 0.384 bits per heavy atom. The van der Waals surface area contributed by atoms with E-state index < -0.39 is 156 Å². The molecule has 0 aliphatic heterocycles. The molecule has 60 heteroatoms. The lowest BCUT2D eigenvalue weighted by Gasteiger charge is -2.52. The van der Waals surface area contributed by atoms with Gasteiger partial charge < -0.3 is 172 Å². The number of phosphoric acid groups is 6. The molecule has 12 N–H and O–H groups in total. The number of carbonyl (C=O) groups excluding carboxylic acids is 6. The first-order valence-electron chi connectivity index (χ1n) is 43.7. The average Bonchev–Trinajstić information content (AvgIpc) is 0.741. The van der Waals surface area contributed by atoms with Gasteiger partial charge in [0.2, 0.25) is 0 Å². The molecule has 12 atom stereocenters. The van der Waals surface area contributed by atoms with Crippen LogP contribution < -0.4 is 29.4 Å². The number of aliphatic carboxylic acids is 6. The van der Waals surface area contributed by atoms with Gasteiger partial charge >= 0.3 is 71.6 Å². The number of nitrogens with zero attached hydrogens (tertiary/aromatic N) is 6. The van der Waals surface area contributed by atoms with Crippen molar-refractivity contribution in [3.63, 3.8) is 0 Å². The molecule has 1 aliphatic carbocycles. The molecule has 0 amide bonds. The minimum atomic E-state index is -6.35. The lowest BCUT2D eigenvalue weighted by molar-refractivity contribution is -0.873. The molecule has 0 heterocycles. The van der Waals surface area contributed by atoms with E-state index in [1.807, 2.05) is 168 Å². The molecule has 1 saturated carbocycles. The molecule has 54 nitrogen and oxygen atoms in total. The van der Waals surface area contributed by atoms with Crippen LogP contribution in [0.15, 0.2) is 0 Å². The van der Waals surface area contributed by atoms with Crippen LogP contribution in [0.2, 0.25) is 0 Å². The first-order valence-corrected chi connectivity index (χ1v) is 52.6. The summed E-state index contributed by atoms with van der Waals surface area (Å²) in [4.78, 5) is 254. The van der Waals surface area contributed by atoms with Crippen molar-refractivity contribution in [3.8, 4) is 0 Å². The average molecular weight is 2130 g/mol. The van der Waals surface area contributed by atoms with Gasteiger partial charge in [-0.3, -0.25) is 84.9 Å². The number of phosphoric ester groups is 6. The molecular weight excluding hydrogens is 1970 g/mol. The number of carboxylic acid groups (broad SMARTS) is 6. The number of hydrogen-bond acceptors (Lipinski definition) is 36. The topological polar surface area (TPSA) is 799 Å². The molecule has 0 saturated heterocycles. The molecule has 1 rings (SSSR count). The Kier molecular flexibility index (Phi) is 70.7. The smallest absolute Gasteiger partial charge is 0.307 e. The summed E-state index contributed by atoms with van der Waals surface area (Å²) in [5.41, 5.74) is 0. The van der Waals surface area contributed by atoms with Crippen molar-refractivity contribution in [3.05, 3.63) is 0 Å². The van der Waals surface area contributed by atoms with E-state index in [1.165, 1.54) is 0 Å².